The number of ether oxygens (including phenoxy) is 2. The van der Waals surface area contributed by atoms with Crippen molar-refractivity contribution in [2.75, 3.05) is 19.7 Å². The van der Waals surface area contributed by atoms with Gasteiger partial charge in [-0.25, -0.2) is 4.39 Å². The second-order valence-electron chi connectivity index (χ2n) is 6.96. The van der Waals surface area contributed by atoms with Crippen molar-refractivity contribution in [3.8, 4) is 0 Å². The molecule has 4 rings (SSSR count). The van der Waals surface area contributed by atoms with E-state index in [1.807, 2.05) is 17.0 Å². The van der Waals surface area contributed by atoms with E-state index in [0.29, 0.717) is 44.5 Å². The average Bonchev–Trinajstić information content (AvgIpc) is 3.08. The summed E-state index contributed by atoms with van der Waals surface area (Å²) in [5.41, 5.74) is 2.70. The molecule has 1 saturated heterocycles. The second kappa shape index (κ2) is 7.22. The fourth-order valence-corrected chi connectivity index (χ4v) is 3.60. The molecular formula is C20H19F4NO2. The van der Waals surface area contributed by atoms with Gasteiger partial charge in [-0.2, -0.15) is 13.2 Å². The van der Waals surface area contributed by atoms with E-state index < -0.39 is 17.6 Å². The van der Waals surface area contributed by atoms with Crippen LogP contribution in [0.25, 0.3) is 0 Å². The van der Waals surface area contributed by atoms with Gasteiger partial charge in [0.25, 0.3) is 0 Å². The zero-order valence-corrected chi connectivity index (χ0v) is 14.6. The van der Waals surface area contributed by atoms with E-state index in [1.54, 1.807) is 0 Å². The van der Waals surface area contributed by atoms with Crippen LogP contribution < -0.4 is 0 Å². The lowest BCUT2D eigenvalue weighted by molar-refractivity contribution is -0.137. The van der Waals surface area contributed by atoms with Crippen LogP contribution in [0.15, 0.2) is 36.4 Å². The first-order chi connectivity index (χ1) is 12.9. The van der Waals surface area contributed by atoms with Gasteiger partial charge in [-0.3, -0.25) is 4.90 Å². The van der Waals surface area contributed by atoms with E-state index in [1.165, 1.54) is 5.56 Å². The molecule has 2 aliphatic rings. The highest BCUT2D eigenvalue weighted by molar-refractivity contribution is 5.34. The third-order valence-electron chi connectivity index (χ3n) is 4.96. The van der Waals surface area contributed by atoms with Gasteiger partial charge in [0.1, 0.15) is 5.82 Å². The predicted octanol–water partition coefficient (Wildman–Crippen LogP) is 4.45. The molecule has 0 aromatic heterocycles. The maximum Gasteiger partial charge on any atom is 0.416 e. The van der Waals surface area contributed by atoms with Crippen LogP contribution in [0.4, 0.5) is 17.6 Å². The van der Waals surface area contributed by atoms with Crippen LogP contribution in [-0.2, 0) is 35.4 Å². The number of morpholine rings is 1. The molecule has 0 aliphatic carbocycles. The molecule has 1 atom stereocenters. The molecular weight excluding hydrogens is 362 g/mol. The molecule has 1 fully saturated rings. The van der Waals surface area contributed by atoms with Crippen LogP contribution >= 0.6 is 0 Å². The molecule has 2 aliphatic heterocycles. The summed E-state index contributed by atoms with van der Waals surface area (Å²) >= 11 is 0. The van der Waals surface area contributed by atoms with Gasteiger partial charge in [-0.05, 0) is 40.5 Å². The summed E-state index contributed by atoms with van der Waals surface area (Å²) in [5.74, 6) is -0.872. The Hall–Kier alpha value is -1.96. The summed E-state index contributed by atoms with van der Waals surface area (Å²) in [5, 5.41) is 0. The number of halogens is 4. The molecule has 7 heteroatoms. The summed E-state index contributed by atoms with van der Waals surface area (Å²) in [6.07, 6.45) is -4.73. The summed E-state index contributed by atoms with van der Waals surface area (Å²) in [4.78, 5) is 1.99. The van der Waals surface area contributed by atoms with Gasteiger partial charge in [0, 0.05) is 19.6 Å². The first kappa shape index (κ1) is 18.4. The first-order valence-corrected chi connectivity index (χ1v) is 8.78. The lowest BCUT2D eigenvalue weighted by atomic mass is 10.0. The van der Waals surface area contributed by atoms with Crippen LogP contribution in [0.3, 0.4) is 0 Å². The quantitative estimate of drug-likeness (QED) is 0.734. The predicted molar refractivity (Wildman–Crippen MR) is 90.3 cm³/mol. The van der Waals surface area contributed by atoms with Gasteiger partial charge >= 0.3 is 6.18 Å². The minimum Gasteiger partial charge on any atom is -0.372 e. The molecule has 0 spiro atoms. The van der Waals surface area contributed by atoms with Gasteiger partial charge in [0.2, 0.25) is 0 Å². The fraction of sp³-hybridized carbons (Fsp3) is 0.400. The van der Waals surface area contributed by atoms with Gasteiger partial charge in [-0.1, -0.05) is 18.2 Å². The van der Waals surface area contributed by atoms with E-state index in [2.05, 4.69) is 6.07 Å². The standard InChI is InChI=1S/C20H19F4NO2/c21-18-6-13(5-17(8-18)20(22,23)24)9-25-3-4-27-19(10-25)14-1-2-15-11-26-12-16(15)7-14/h1-2,5-8,19H,3-4,9-12H2. The summed E-state index contributed by atoms with van der Waals surface area (Å²) in [6.45, 7) is 3.05. The molecule has 0 N–H and O–H groups in total. The molecule has 2 aromatic rings. The maximum absolute atomic E-state index is 13.6. The maximum atomic E-state index is 13.6. The lowest BCUT2D eigenvalue weighted by Crippen LogP contribution is -2.37. The largest absolute Gasteiger partial charge is 0.416 e. The number of hydrogen-bond donors (Lipinski definition) is 0. The molecule has 0 saturated carbocycles. The molecule has 0 radical (unpaired) electrons. The molecule has 2 heterocycles. The van der Waals surface area contributed by atoms with Crippen molar-refractivity contribution in [1.29, 1.82) is 0 Å². The second-order valence-corrected chi connectivity index (χ2v) is 6.96. The Morgan fingerprint density at radius 3 is 2.67 bits per heavy atom. The molecule has 144 valence electrons. The Bertz CT molecular complexity index is 837. The van der Waals surface area contributed by atoms with Crippen molar-refractivity contribution in [3.05, 3.63) is 70.0 Å². The zero-order chi connectivity index (χ0) is 19.0. The summed E-state index contributed by atoms with van der Waals surface area (Å²) < 4.78 is 63.6. The van der Waals surface area contributed by atoms with Crippen molar-refractivity contribution >= 4 is 0 Å². The minimum absolute atomic E-state index is 0.166. The summed E-state index contributed by atoms with van der Waals surface area (Å²) in [6, 6.07) is 8.80. The van der Waals surface area contributed by atoms with Crippen LogP contribution in [0.2, 0.25) is 0 Å². The normalized spacial score (nSPS) is 20.7. The van der Waals surface area contributed by atoms with Crippen molar-refractivity contribution in [3.63, 3.8) is 0 Å². The lowest BCUT2D eigenvalue weighted by Gasteiger charge is -2.33. The topological polar surface area (TPSA) is 21.7 Å². The minimum atomic E-state index is -4.56. The van der Waals surface area contributed by atoms with Crippen LogP contribution in [0.5, 0.6) is 0 Å². The van der Waals surface area contributed by atoms with Crippen molar-refractivity contribution in [1.82, 2.24) is 4.90 Å². The third-order valence-corrected chi connectivity index (χ3v) is 4.96. The highest BCUT2D eigenvalue weighted by Gasteiger charge is 2.32. The Balaban J connectivity index is 1.48. The van der Waals surface area contributed by atoms with Gasteiger partial charge in [-0.15, -0.1) is 0 Å². The number of benzene rings is 2. The van der Waals surface area contributed by atoms with Gasteiger partial charge < -0.3 is 9.47 Å². The number of alkyl halides is 3. The molecule has 0 bridgehead atoms. The number of nitrogens with zero attached hydrogens (tertiary/aromatic N) is 1. The van der Waals surface area contributed by atoms with E-state index >= 15 is 0 Å². The van der Waals surface area contributed by atoms with E-state index in [-0.39, 0.29) is 12.6 Å². The molecule has 0 amide bonds. The highest BCUT2D eigenvalue weighted by atomic mass is 19.4. The Morgan fingerprint density at radius 1 is 1.04 bits per heavy atom. The van der Waals surface area contributed by atoms with E-state index in [0.717, 1.165) is 23.3 Å². The molecule has 1 unspecified atom stereocenters. The van der Waals surface area contributed by atoms with Crippen LogP contribution in [0.1, 0.15) is 33.9 Å². The number of rotatable bonds is 3. The zero-order valence-electron chi connectivity index (χ0n) is 14.6. The average molecular weight is 381 g/mol. The Labute approximate surface area is 154 Å². The van der Waals surface area contributed by atoms with E-state index in [4.69, 9.17) is 9.47 Å². The number of fused-ring (bicyclic) bond motifs is 1. The van der Waals surface area contributed by atoms with Gasteiger partial charge in [0.15, 0.2) is 0 Å². The van der Waals surface area contributed by atoms with Crippen LogP contribution in [-0.4, -0.2) is 24.6 Å². The van der Waals surface area contributed by atoms with Crippen LogP contribution in [0, 0.1) is 5.82 Å². The van der Waals surface area contributed by atoms with Gasteiger partial charge in [0.05, 0.1) is 31.5 Å². The fourth-order valence-electron chi connectivity index (χ4n) is 3.60. The SMILES string of the molecule is Fc1cc(CN2CCOC(c3ccc4c(c3)COC4)C2)cc(C(F)(F)F)c1. The highest BCUT2D eigenvalue weighted by Crippen LogP contribution is 2.32. The smallest absolute Gasteiger partial charge is 0.372 e. The molecule has 2 aromatic carbocycles. The molecule has 3 nitrogen and oxygen atoms in total. The Kier molecular flexibility index (Phi) is 4.92. The van der Waals surface area contributed by atoms with Crippen molar-refractivity contribution < 1.29 is 27.0 Å². The Morgan fingerprint density at radius 2 is 1.85 bits per heavy atom. The van der Waals surface area contributed by atoms with E-state index in [9.17, 15) is 17.6 Å². The first-order valence-electron chi connectivity index (χ1n) is 8.78. The molecule has 27 heavy (non-hydrogen) atoms. The van der Waals surface area contributed by atoms with Crippen molar-refractivity contribution in [2.24, 2.45) is 0 Å². The summed E-state index contributed by atoms with van der Waals surface area (Å²) in [7, 11) is 0. The monoisotopic (exact) mass is 381 g/mol. The number of hydrogen-bond acceptors (Lipinski definition) is 3. The van der Waals surface area contributed by atoms with Crippen molar-refractivity contribution in [2.45, 2.75) is 32.0 Å². The third kappa shape index (κ3) is 4.15.